The molecule has 6 heteroatoms. The van der Waals surface area contributed by atoms with Gasteiger partial charge in [0, 0.05) is 5.69 Å². The number of benzene rings is 1. The first kappa shape index (κ1) is 12.4. The predicted octanol–water partition coefficient (Wildman–Crippen LogP) is 2.55. The molecule has 1 rings (SSSR count). The molecule has 0 fully saturated rings. The highest BCUT2D eigenvalue weighted by Crippen LogP contribution is 2.19. The molecule has 0 atom stereocenters. The number of rotatable bonds is 5. The van der Waals surface area contributed by atoms with E-state index in [0.29, 0.717) is 5.03 Å². The molecule has 0 spiro atoms. The molecule has 0 saturated carbocycles. The van der Waals surface area contributed by atoms with Crippen LogP contribution in [0.5, 0.6) is 5.75 Å². The van der Waals surface area contributed by atoms with E-state index in [4.69, 9.17) is 4.74 Å². The summed E-state index contributed by atoms with van der Waals surface area (Å²) in [5.74, 6) is 0.745. The van der Waals surface area contributed by atoms with E-state index in [1.807, 2.05) is 0 Å². The van der Waals surface area contributed by atoms with Gasteiger partial charge in [-0.25, -0.2) is 0 Å². The van der Waals surface area contributed by atoms with Crippen molar-refractivity contribution in [2.45, 2.75) is 0 Å². The second-order valence-electron chi connectivity index (χ2n) is 2.84. The van der Waals surface area contributed by atoms with E-state index in [0.717, 1.165) is 17.6 Å². The molecule has 0 bridgehead atoms. The third kappa shape index (κ3) is 3.82. The van der Waals surface area contributed by atoms with Crippen molar-refractivity contribution >= 4 is 17.4 Å². The topological polar surface area (TPSA) is 64.4 Å². The molecule has 86 valence electrons. The summed E-state index contributed by atoms with van der Waals surface area (Å²) in [5.41, 5.74) is 0.781. The van der Waals surface area contributed by atoms with Crippen LogP contribution in [0.15, 0.2) is 35.5 Å². The molecule has 0 aliphatic heterocycles. The summed E-state index contributed by atoms with van der Waals surface area (Å²) in [4.78, 5) is 9.83. The van der Waals surface area contributed by atoms with Crippen LogP contribution >= 0.6 is 11.8 Å². The van der Waals surface area contributed by atoms with Crippen LogP contribution in [0, 0.1) is 10.1 Å². The average Bonchev–Trinajstić information content (AvgIpc) is 2.28. The quantitative estimate of drug-likeness (QED) is 0.633. The molecular formula is C10H12N2O3S. The van der Waals surface area contributed by atoms with Crippen molar-refractivity contribution in [3.8, 4) is 5.75 Å². The average molecular weight is 240 g/mol. The number of hydrogen-bond donors (Lipinski definition) is 1. The van der Waals surface area contributed by atoms with E-state index in [-0.39, 0.29) is 0 Å². The van der Waals surface area contributed by atoms with Crippen LogP contribution < -0.4 is 10.1 Å². The molecule has 0 amide bonds. The van der Waals surface area contributed by atoms with Gasteiger partial charge in [-0.1, -0.05) is 0 Å². The van der Waals surface area contributed by atoms with E-state index in [9.17, 15) is 10.1 Å². The molecule has 0 radical (unpaired) electrons. The first-order valence-electron chi connectivity index (χ1n) is 4.46. The Morgan fingerprint density at radius 3 is 2.56 bits per heavy atom. The normalized spacial score (nSPS) is 11.0. The lowest BCUT2D eigenvalue weighted by Gasteiger charge is -2.06. The molecule has 0 saturated heterocycles. The fourth-order valence-corrected chi connectivity index (χ4v) is 1.46. The molecule has 5 nitrogen and oxygen atoms in total. The third-order valence-corrected chi connectivity index (χ3v) is 2.45. The summed E-state index contributed by atoms with van der Waals surface area (Å²) in [5, 5.41) is 13.7. The number of methoxy groups -OCH3 is 1. The SMILES string of the molecule is COc1ccc(N/C(=C\[N+](=O)[O-])SC)cc1. The van der Waals surface area contributed by atoms with E-state index >= 15 is 0 Å². The lowest BCUT2D eigenvalue weighted by Crippen LogP contribution is -1.98. The van der Waals surface area contributed by atoms with Gasteiger partial charge in [-0.15, -0.1) is 11.8 Å². The van der Waals surface area contributed by atoms with Crippen LogP contribution in [0.2, 0.25) is 0 Å². The Balaban J connectivity index is 2.74. The van der Waals surface area contributed by atoms with Gasteiger partial charge >= 0.3 is 0 Å². The minimum Gasteiger partial charge on any atom is -0.497 e. The molecule has 0 aliphatic rings. The maximum atomic E-state index is 10.3. The fourth-order valence-electron chi connectivity index (χ4n) is 1.05. The zero-order chi connectivity index (χ0) is 12.0. The first-order chi connectivity index (χ1) is 7.65. The van der Waals surface area contributed by atoms with Crippen LogP contribution in [0.25, 0.3) is 0 Å². The molecule has 1 aromatic rings. The zero-order valence-corrected chi connectivity index (χ0v) is 9.78. The van der Waals surface area contributed by atoms with Crippen LogP contribution in [-0.4, -0.2) is 18.3 Å². The summed E-state index contributed by atoms with van der Waals surface area (Å²) in [6, 6.07) is 7.16. The Hall–Kier alpha value is -1.69. The smallest absolute Gasteiger partial charge is 0.264 e. The zero-order valence-electron chi connectivity index (χ0n) is 8.97. The molecular weight excluding hydrogens is 228 g/mol. The largest absolute Gasteiger partial charge is 0.497 e. The highest BCUT2D eigenvalue weighted by molar-refractivity contribution is 8.02. The number of ether oxygens (including phenoxy) is 1. The molecule has 0 unspecified atom stereocenters. The van der Waals surface area contributed by atoms with Gasteiger partial charge in [-0.2, -0.15) is 0 Å². The van der Waals surface area contributed by atoms with Crippen molar-refractivity contribution < 1.29 is 9.66 Å². The molecule has 1 aromatic carbocycles. The third-order valence-electron chi connectivity index (χ3n) is 1.80. The monoisotopic (exact) mass is 240 g/mol. The van der Waals surface area contributed by atoms with E-state index in [1.165, 1.54) is 11.8 Å². The first-order valence-corrected chi connectivity index (χ1v) is 5.68. The van der Waals surface area contributed by atoms with Crippen molar-refractivity contribution in [3.05, 3.63) is 45.6 Å². The Labute approximate surface area is 97.6 Å². The van der Waals surface area contributed by atoms with Crippen LogP contribution in [0.3, 0.4) is 0 Å². The molecule has 1 N–H and O–H groups in total. The Morgan fingerprint density at radius 1 is 1.50 bits per heavy atom. The van der Waals surface area contributed by atoms with Gasteiger partial charge in [0.2, 0.25) is 0 Å². The molecule has 0 heterocycles. The van der Waals surface area contributed by atoms with Crippen LogP contribution in [-0.2, 0) is 0 Å². The maximum Gasteiger partial charge on any atom is 0.264 e. The molecule has 0 aromatic heterocycles. The van der Waals surface area contributed by atoms with E-state index < -0.39 is 4.92 Å². The summed E-state index contributed by atoms with van der Waals surface area (Å²) in [6.45, 7) is 0. The highest BCUT2D eigenvalue weighted by atomic mass is 32.2. The lowest BCUT2D eigenvalue weighted by molar-refractivity contribution is -0.402. The van der Waals surface area contributed by atoms with E-state index in [2.05, 4.69) is 5.32 Å². The highest BCUT2D eigenvalue weighted by Gasteiger charge is 2.02. The van der Waals surface area contributed by atoms with Gasteiger partial charge in [-0.3, -0.25) is 10.1 Å². The van der Waals surface area contributed by atoms with Gasteiger partial charge in [0.25, 0.3) is 6.20 Å². The minimum atomic E-state index is -0.484. The Kier molecular flexibility index (Phi) is 4.65. The van der Waals surface area contributed by atoms with Gasteiger partial charge in [-0.05, 0) is 30.5 Å². The summed E-state index contributed by atoms with van der Waals surface area (Å²) >= 11 is 1.28. The van der Waals surface area contributed by atoms with Crippen molar-refractivity contribution in [2.24, 2.45) is 0 Å². The fraction of sp³-hybridized carbons (Fsp3) is 0.200. The Morgan fingerprint density at radius 2 is 2.12 bits per heavy atom. The van der Waals surface area contributed by atoms with Crippen molar-refractivity contribution in [1.82, 2.24) is 0 Å². The molecule has 0 aliphatic carbocycles. The van der Waals surface area contributed by atoms with Crippen LogP contribution in [0.4, 0.5) is 5.69 Å². The van der Waals surface area contributed by atoms with Gasteiger partial charge in [0.1, 0.15) is 10.8 Å². The van der Waals surface area contributed by atoms with Gasteiger partial charge in [0.15, 0.2) is 0 Å². The Bertz CT molecular complexity index is 390. The summed E-state index contributed by atoms with van der Waals surface area (Å²) in [7, 11) is 1.59. The second kappa shape index (κ2) is 6.02. The minimum absolute atomic E-state index is 0.482. The number of thioether (sulfide) groups is 1. The number of nitrogens with one attached hydrogen (secondary N) is 1. The van der Waals surface area contributed by atoms with Gasteiger partial charge < -0.3 is 10.1 Å². The number of hydrogen-bond acceptors (Lipinski definition) is 5. The summed E-state index contributed by atoms with van der Waals surface area (Å²) in [6.07, 6.45) is 2.71. The lowest BCUT2D eigenvalue weighted by atomic mass is 10.3. The van der Waals surface area contributed by atoms with Crippen molar-refractivity contribution in [2.75, 3.05) is 18.7 Å². The second-order valence-corrected chi connectivity index (χ2v) is 3.68. The van der Waals surface area contributed by atoms with E-state index in [1.54, 1.807) is 37.6 Å². The van der Waals surface area contributed by atoms with Crippen molar-refractivity contribution in [3.63, 3.8) is 0 Å². The van der Waals surface area contributed by atoms with Crippen molar-refractivity contribution in [1.29, 1.82) is 0 Å². The van der Waals surface area contributed by atoms with Gasteiger partial charge in [0.05, 0.1) is 12.0 Å². The summed E-state index contributed by atoms with van der Waals surface area (Å²) < 4.78 is 5.01. The maximum absolute atomic E-state index is 10.3. The predicted molar refractivity (Wildman–Crippen MR) is 65.2 cm³/mol. The number of anilines is 1. The molecule has 16 heavy (non-hydrogen) atoms. The van der Waals surface area contributed by atoms with Crippen LogP contribution in [0.1, 0.15) is 0 Å². The number of nitrogens with zero attached hydrogens (tertiary/aromatic N) is 1. The number of nitro groups is 1. The standard InChI is InChI=1S/C10H12N2O3S/c1-15-9-5-3-8(4-6-9)11-10(16-2)7-12(13)14/h3-7,11H,1-2H3/b10-7+.